The zero-order valence-corrected chi connectivity index (χ0v) is 16.0. The Bertz CT molecular complexity index is 914. The molecule has 0 atom stereocenters. The molecule has 0 bridgehead atoms. The lowest BCUT2D eigenvalue weighted by molar-refractivity contribution is 0.626. The minimum Gasteiger partial charge on any atom is -0.357 e. The molecule has 0 unspecified atom stereocenters. The van der Waals surface area contributed by atoms with Crippen LogP contribution in [-0.4, -0.2) is 20.9 Å². The van der Waals surface area contributed by atoms with Gasteiger partial charge >= 0.3 is 0 Å². The second-order valence-electron chi connectivity index (χ2n) is 5.66. The molecule has 5 nitrogen and oxygen atoms in total. The second kappa shape index (κ2) is 8.20. The van der Waals surface area contributed by atoms with E-state index in [0.717, 1.165) is 27.6 Å². The number of hydrazone groups is 1. The van der Waals surface area contributed by atoms with Crippen molar-refractivity contribution < 1.29 is 4.39 Å². The molecule has 0 radical (unpaired) electrons. The molecule has 0 aliphatic rings. The van der Waals surface area contributed by atoms with Crippen molar-refractivity contribution in [3.05, 3.63) is 70.2 Å². The number of nitrogens with zero attached hydrogens (tertiary/aromatic N) is 3. The summed E-state index contributed by atoms with van der Waals surface area (Å²) in [6.45, 7) is 4.56. The first-order valence-electron chi connectivity index (χ1n) is 7.95. The summed E-state index contributed by atoms with van der Waals surface area (Å²) in [4.78, 5) is 4.36. The number of hydrogen-bond acceptors (Lipinski definition) is 4. The van der Waals surface area contributed by atoms with E-state index in [9.17, 15) is 4.39 Å². The molecule has 0 saturated carbocycles. The second-order valence-corrected chi connectivity index (χ2v) is 6.94. The molecule has 0 amide bonds. The minimum atomic E-state index is -0.255. The van der Waals surface area contributed by atoms with E-state index in [2.05, 4.69) is 31.5 Å². The third kappa shape index (κ3) is 4.33. The molecule has 1 aromatic carbocycles. The van der Waals surface area contributed by atoms with Gasteiger partial charge in [-0.25, -0.2) is 9.37 Å². The van der Waals surface area contributed by atoms with Gasteiger partial charge in [-0.1, -0.05) is 12.1 Å². The number of thiazole rings is 1. The van der Waals surface area contributed by atoms with Crippen LogP contribution in [0.4, 0.5) is 4.39 Å². The highest BCUT2D eigenvalue weighted by Crippen LogP contribution is 2.21. The van der Waals surface area contributed by atoms with E-state index in [1.54, 1.807) is 35.9 Å². The van der Waals surface area contributed by atoms with Crippen molar-refractivity contribution in [3.63, 3.8) is 0 Å². The molecule has 26 heavy (non-hydrogen) atoms. The summed E-state index contributed by atoms with van der Waals surface area (Å²) in [5.41, 5.74) is 6.88. The van der Waals surface area contributed by atoms with Crippen molar-refractivity contribution in [1.29, 1.82) is 0 Å². The van der Waals surface area contributed by atoms with E-state index in [-0.39, 0.29) is 5.82 Å². The average molecular weight is 388 g/mol. The van der Waals surface area contributed by atoms with Gasteiger partial charge in [0.05, 0.1) is 6.21 Å². The molecule has 0 fully saturated rings. The minimum absolute atomic E-state index is 0.255. The maximum atomic E-state index is 12.9. The average Bonchev–Trinajstić information content (AvgIpc) is 3.23. The Hall–Kier alpha value is -2.58. The Morgan fingerprint density at radius 3 is 2.81 bits per heavy atom. The number of aryl methyl sites for hydroxylation is 1. The summed E-state index contributed by atoms with van der Waals surface area (Å²) >= 11 is 6.79. The maximum Gasteiger partial charge on any atom is 0.193 e. The normalized spacial score (nSPS) is 11.0. The standard InChI is InChI=1S/C18H18FN5S2/c1-12-9-15(13(2)24(12)18-20-7-8-26-18)11-22-23-17(25)21-10-14-3-5-16(19)6-4-14/h3-9,11H,10H2,1-2H3,(H2,21,23,25)/b22-11-. The van der Waals surface area contributed by atoms with Crippen LogP contribution in [0.15, 0.2) is 47.0 Å². The predicted molar refractivity (Wildman–Crippen MR) is 107 cm³/mol. The quantitative estimate of drug-likeness (QED) is 0.398. The molecule has 134 valence electrons. The number of thiocarbonyl (C=S) groups is 1. The summed E-state index contributed by atoms with van der Waals surface area (Å²) in [5.74, 6) is -0.255. The predicted octanol–water partition coefficient (Wildman–Crippen LogP) is 3.69. The Balaban J connectivity index is 1.57. The summed E-state index contributed by atoms with van der Waals surface area (Å²) in [6.07, 6.45) is 3.53. The van der Waals surface area contributed by atoms with Crippen molar-refractivity contribution >= 4 is 34.9 Å². The smallest absolute Gasteiger partial charge is 0.193 e. The first-order valence-corrected chi connectivity index (χ1v) is 9.23. The SMILES string of the molecule is Cc1cc(/C=N\NC(=S)NCc2ccc(F)cc2)c(C)n1-c1nccs1. The molecular formula is C18H18FN5S2. The number of nitrogens with one attached hydrogen (secondary N) is 2. The highest BCUT2D eigenvalue weighted by atomic mass is 32.1. The van der Waals surface area contributed by atoms with Crippen LogP contribution in [0.1, 0.15) is 22.5 Å². The van der Waals surface area contributed by atoms with Crippen LogP contribution in [0.2, 0.25) is 0 Å². The maximum absolute atomic E-state index is 12.9. The lowest BCUT2D eigenvalue weighted by Gasteiger charge is -2.07. The summed E-state index contributed by atoms with van der Waals surface area (Å²) in [6, 6.07) is 8.31. The van der Waals surface area contributed by atoms with Gasteiger partial charge in [-0.2, -0.15) is 5.10 Å². The molecule has 3 aromatic rings. The number of aromatic nitrogens is 2. The lowest BCUT2D eigenvalue weighted by Crippen LogP contribution is -2.31. The van der Waals surface area contributed by atoms with Gasteiger partial charge in [0.25, 0.3) is 0 Å². The largest absolute Gasteiger partial charge is 0.357 e. The van der Waals surface area contributed by atoms with Gasteiger partial charge in [-0.15, -0.1) is 11.3 Å². The fraction of sp³-hybridized carbons (Fsp3) is 0.167. The summed E-state index contributed by atoms with van der Waals surface area (Å²) in [5, 5.41) is 10.5. The first-order chi connectivity index (χ1) is 12.5. The van der Waals surface area contributed by atoms with E-state index in [4.69, 9.17) is 12.2 Å². The Morgan fingerprint density at radius 1 is 1.35 bits per heavy atom. The van der Waals surface area contributed by atoms with Gasteiger partial charge in [0.1, 0.15) is 5.82 Å². The third-order valence-electron chi connectivity index (χ3n) is 3.82. The van der Waals surface area contributed by atoms with Crippen molar-refractivity contribution in [3.8, 4) is 5.13 Å². The highest BCUT2D eigenvalue weighted by Gasteiger charge is 2.10. The lowest BCUT2D eigenvalue weighted by atomic mass is 10.2. The fourth-order valence-electron chi connectivity index (χ4n) is 2.52. The van der Waals surface area contributed by atoms with E-state index in [1.807, 2.05) is 19.2 Å². The topological polar surface area (TPSA) is 54.2 Å². The van der Waals surface area contributed by atoms with Crippen LogP contribution in [0.5, 0.6) is 0 Å². The Kier molecular flexibility index (Phi) is 5.75. The highest BCUT2D eigenvalue weighted by molar-refractivity contribution is 7.80. The molecule has 2 N–H and O–H groups in total. The van der Waals surface area contributed by atoms with Crippen molar-refractivity contribution in [2.45, 2.75) is 20.4 Å². The van der Waals surface area contributed by atoms with E-state index >= 15 is 0 Å². The van der Waals surface area contributed by atoms with Gasteiger partial charge in [-0.3, -0.25) is 9.99 Å². The van der Waals surface area contributed by atoms with Gasteiger partial charge in [-0.05, 0) is 49.8 Å². The molecule has 0 aliphatic heterocycles. The van der Waals surface area contributed by atoms with Crippen LogP contribution in [0, 0.1) is 19.7 Å². The van der Waals surface area contributed by atoms with Crippen LogP contribution in [0.25, 0.3) is 5.13 Å². The summed E-state index contributed by atoms with van der Waals surface area (Å²) < 4.78 is 15.0. The van der Waals surface area contributed by atoms with Crippen molar-refractivity contribution in [1.82, 2.24) is 20.3 Å². The molecular weight excluding hydrogens is 369 g/mol. The molecule has 8 heteroatoms. The number of halogens is 1. The zero-order valence-electron chi connectivity index (χ0n) is 14.4. The molecule has 0 saturated heterocycles. The number of hydrogen-bond donors (Lipinski definition) is 2. The molecule has 2 heterocycles. The van der Waals surface area contributed by atoms with Crippen LogP contribution >= 0.6 is 23.6 Å². The van der Waals surface area contributed by atoms with Crippen molar-refractivity contribution in [2.75, 3.05) is 0 Å². The monoisotopic (exact) mass is 387 g/mol. The molecule has 0 aliphatic carbocycles. The van der Waals surface area contributed by atoms with Crippen molar-refractivity contribution in [2.24, 2.45) is 5.10 Å². The fourth-order valence-corrected chi connectivity index (χ4v) is 3.40. The summed E-state index contributed by atoms with van der Waals surface area (Å²) in [7, 11) is 0. The van der Waals surface area contributed by atoms with E-state index < -0.39 is 0 Å². The number of rotatable bonds is 5. The van der Waals surface area contributed by atoms with Gasteiger partial charge in [0, 0.05) is 35.1 Å². The van der Waals surface area contributed by atoms with E-state index in [1.165, 1.54) is 12.1 Å². The van der Waals surface area contributed by atoms with E-state index in [0.29, 0.717) is 11.7 Å². The molecule has 2 aromatic heterocycles. The Labute approximate surface area is 160 Å². The molecule has 3 rings (SSSR count). The molecule has 0 spiro atoms. The van der Waals surface area contributed by atoms with Gasteiger partial charge < -0.3 is 5.32 Å². The van der Waals surface area contributed by atoms with Gasteiger partial charge in [0.15, 0.2) is 10.2 Å². The van der Waals surface area contributed by atoms with Gasteiger partial charge in [0.2, 0.25) is 0 Å². The first kappa shape index (κ1) is 18.2. The third-order valence-corrected chi connectivity index (χ3v) is 4.81. The number of benzene rings is 1. The zero-order chi connectivity index (χ0) is 18.5. The Morgan fingerprint density at radius 2 is 2.12 bits per heavy atom. The van der Waals surface area contributed by atoms with Crippen LogP contribution < -0.4 is 10.7 Å². The van der Waals surface area contributed by atoms with Crippen LogP contribution in [0.3, 0.4) is 0 Å². The van der Waals surface area contributed by atoms with Crippen LogP contribution in [-0.2, 0) is 6.54 Å².